The Morgan fingerprint density at radius 1 is 1.35 bits per heavy atom. The molecule has 0 atom stereocenters. The molecule has 0 aliphatic carbocycles. The van der Waals surface area contributed by atoms with Gasteiger partial charge in [0, 0.05) is 19.6 Å². The largest absolute Gasteiger partial charge is 0.481 e. The summed E-state index contributed by atoms with van der Waals surface area (Å²) in [5.41, 5.74) is 1.02. The summed E-state index contributed by atoms with van der Waals surface area (Å²) >= 11 is 0. The molecule has 114 valence electrons. The van der Waals surface area contributed by atoms with Crippen molar-refractivity contribution in [2.45, 2.75) is 45.6 Å². The molecule has 0 fully saturated rings. The number of carbonyl (C=O) groups is 1. The molecular formula is C12H21N3O4S. The number of hydrogen-bond acceptors (Lipinski definition) is 4. The van der Waals surface area contributed by atoms with Crippen molar-refractivity contribution in [1.82, 2.24) is 14.1 Å². The first-order valence-corrected chi connectivity index (χ1v) is 7.95. The summed E-state index contributed by atoms with van der Waals surface area (Å²) in [5, 5.41) is 12.9. The van der Waals surface area contributed by atoms with Crippen molar-refractivity contribution in [2.75, 3.05) is 13.1 Å². The Labute approximate surface area is 119 Å². The summed E-state index contributed by atoms with van der Waals surface area (Å²) in [4.78, 5) is 10.8. The molecule has 7 nitrogen and oxygen atoms in total. The van der Waals surface area contributed by atoms with Gasteiger partial charge in [0.25, 0.3) is 0 Å². The van der Waals surface area contributed by atoms with E-state index in [0.717, 1.165) is 0 Å². The summed E-state index contributed by atoms with van der Waals surface area (Å²) in [6.07, 6.45) is -0.215. The predicted octanol–water partition coefficient (Wildman–Crippen LogP) is 1.01. The number of carboxylic acids is 1. The van der Waals surface area contributed by atoms with Crippen molar-refractivity contribution in [2.24, 2.45) is 0 Å². The van der Waals surface area contributed by atoms with Crippen molar-refractivity contribution in [3.8, 4) is 0 Å². The second-order valence-electron chi connectivity index (χ2n) is 4.46. The second kappa shape index (κ2) is 6.36. The summed E-state index contributed by atoms with van der Waals surface area (Å²) in [6, 6.07) is 0. The van der Waals surface area contributed by atoms with Gasteiger partial charge in [0.1, 0.15) is 4.90 Å². The van der Waals surface area contributed by atoms with Crippen LogP contribution in [0.2, 0.25) is 0 Å². The van der Waals surface area contributed by atoms with Gasteiger partial charge in [-0.15, -0.1) is 0 Å². The van der Waals surface area contributed by atoms with Crippen LogP contribution in [-0.4, -0.2) is 46.7 Å². The van der Waals surface area contributed by atoms with Crippen molar-refractivity contribution < 1.29 is 18.3 Å². The summed E-state index contributed by atoms with van der Waals surface area (Å²) in [7, 11) is -3.71. The topological polar surface area (TPSA) is 92.5 Å². The minimum atomic E-state index is -3.71. The lowest BCUT2D eigenvalue weighted by atomic mass is 10.4. The Balaban J connectivity index is 3.20. The summed E-state index contributed by atoms with van der Waals surface area (Å²) < 4.78 is 28.1. The van der Waals surface area contributed by atoms with E-state index in [0.29, 0.717) is 17.9 Å². The maximum absolute atomic E-state index is 12.6. The minimum Gasteiger partial charge on any atom is -0.481 e. The van der Waals surface area contributed by atoms with E-state index in [2.05, 4.69) is 5.10 Å². The van der Waals surface area contributed by atoms with Gasteiger partial charge >= 0.3 is 5.97 Å². The molecule has 1 aromatic heterocycles. The molecule has 8 heteroatoms. The van der Waals surface area contributed by atoms with Crippen LogP contribution in [0.25, 0.3) is 0 Å². The van der Waals surface area contributed by atoms with Gasteiger partial charge in [-0.1, -0.05) is 6.92 Å². The Morgan fingerprint density at radius 3 is 2.35 bits per heavy atom. The third-order valence-electron chi connectivity index (χ3n) is 3.14. The highest BCUT2D eigenvalue weighted by molar-refractivity contribution is 7.89. The number of aryl methyl sites for hydroxylation is 2. The number of aliphatic carboxylic acids is 1. The van der Waals surface area contributed by atoms with Gasteiger partial charge in [-0.25, -0.2) is 8.42 Å². The molecule has 20 heavy (non-hydrogen) atoms. The molecule has 0 aliphatic rings. The van der Waals surface area contributed by atoms with E-state index in [1.165, 1.54) is 4.31 Å². The normalized spacial score (nSPS) is 12.1. The van der Waals surface area contributed by atoms with Gasteiger partial charge in [0.2, 0.25) is 10.0 Å². The summed E-state index contributed by atoms with van der Waals surface area (Å²) in [6.45, 7) is 7.71. The SMILES string of the molecule is CCN(CCC(=O)O)S(=O)(=O)c1c(C)nn(CC)c1C. The van der Waals surface area contributed by atoms with Crippen LogP contribution < -0.4 is 0 Å². The van der Waals surface area contributed by atoms with Crippen LogP contribution in [0.15, 0.2) is 4.90 Å². The maximum atomic E-state index is 12.6. The van der Waals surface area contributed by atoms with Crippen LogP contribution in [-0.2, 0) is 21.4 Å². The fourth-order valence-corrected chi connectivity index (χ4v) is 3.98. The van der Waals surface area contributed by atoms with E-state index < -0.39 is 16.0 Å². The van der Waals surface area contributed by atoms with E-state index in [9.17, 15) is 13.2 Å². The van der Waals surface area contributed by atoms with E-state index in [1.54, 1.807) is 25.5 Å². The van der Waals surface area contributed by atoms with Gasteiger partial charge in [-0.3, -0.25) is 9.48 Å². The Hall–Kier alpha value is -1.41. The lowest BCUT2D eigenvalue weighted by molar-refractivity contribution is -0.137. The molecule has 0 saturated heterocycles. The molecule has 1 aromatic rings. The van der Waals surface area contributed by atoms with Crippen LogP contribution >= 0.6 is 0 Å². The first kappa shape index (κ1) is 16.6. The van der Waals surface area contributed by atoms with Crippen molar-refractivity contribution in [3.05, 3.63) is 11.4 Å². The van der Waals surface area contributed by atoms with Crippen LogP contribution in [0.1, 0.15) is 31.7 Å². The predicted molar refractivity (Wildman–Crippen MR) is 74.1 cm³/mol. The van der Waals surface area contributed by atoms with Gasteiger partial charge < -0.3 is 5.11 Å². The second-order valence-corrected chi connectivity index (χ2v) is 6.33. The smallest absolute Gasteiger partial charge is 0.304 e. The van der Waals surface area contributed by atoms with E-state index >= 15 is 0 Å². The zero-order chi connectivity index (χ0) is 15.5. The molecule has 1 rings (SSSR count). The van der Waals surface area contributed by atoms with Crippen molar-refractivity contribution in [1.29, 1.82) is 0 Å². The maximum Gasteiger partial charge on any atom is 0.304 e. The number of nitrogens with zero attached hydrogens (tertiary/aromatic N) is 3. The van der Waals surface area contributed by atoms with Crippen LogP contribution in [0.5, 0.6) is 0 Å². The quantitative estimate of drug-likeness (QED) is 0.811. The van der Waals surface area contributed by atoms with Gasteiger partial charge in [-0.2, -0.15) is 9.40 Å². The standard InChI is InChI=1S/C12H21N3O4S/c1-5-14(8-7-11(16)17)20(18,19)12-9(3)13-15(6-2)10(12)4/h5-8H2,1-4H3,(H,16,17). The third kappa shape index (κ3) is 3.18. The average molecular weight is 303 g/mol. The number of carboxylic acid groups (broad SMARTS) is 1. The lowest BCUT2D eigenvalue weighted by Crippen LogP contribution is -2.33. The van der Waals surface area contributed by atoms with Gasteiger partial charge in [0.15, 0.2) is 0 Å². The van der Waals surface area contributed by atoms with Crippen molar-refractivity contribution >= 4 is 16.0 Å². The lowest BCUT2D eigenvalue weighted by Gasteiger charge is -2.19. The molecule has 0 saturated carbocycles. The summed E-state index contributed by atoms with van der Waals surface area (Å²) in [5.74, 6) is -1.02. The molecule has 1 heterocycles. The van der Waals surface area contributed by atoms with E-state index in [1.807, 2.05) is 6.92 Å². The van der Waals surface area contributed by atoms with Gasteiger partial charge in [-0.05, 0) is 20.8 Å². The molecule has 0 bridgehead atoms. The van der Waals surface area contributed by atoms with E-state index in [4.69, 9.17) is 5.11 Å². The third-order valence-corrected chi connectivity index (χ3v) is 5.37. The fraction of sp³-hybridized carbons (Fsp3) is 0.667. The number of aromatic nitrogens is 2. The van der Waals surface area contributed by atoms with Crippen LogP contribution in [0.4, 0.5) is 0 Å². The van der Waals surface area contributed by atoms with Crippen LogP contribution in [0, 0.1) is 13.8 Å². The number of sulfonamides is 1. The molecule has 1 N–H and O–H groups in total. The zero-order valence-electron chi connectivity index (χ0n) is 12.3. The zero-order valence-corrected chi connectivity index (χ0v) is 13.1. The van der Waals surface area contributed by atoms with E-state index in [-0.39, 0.29) is 24.4 Å². The Morgan fingerprint density at radius 2 is 1.95 bits per heavy atom. The van der Waals surface area contributed by atoms with Gasteiger partial charge in [0.05, 0.1) is 17.8 Å². The number of rotatable bonds is 7. The molecule has 0 aliphatic heterocycles. The highest BCUT2D eigenvalue weighted by Gasteiger charge is 2.30. The van der Waals surface area contributed by atoms with Crippen molar-refractivity contribution in [3.63, 3.8) is 0 Å². The first-order chi connectivity index (χ1) is 9.25. The minimum absolute atomic E-state index is 0.0373. The van der Waals surface area contributed by atoms with Crippen LogP contribution in [0.3, 0.4) is 0 Å². The Bertz CT molecular complexity index is 592. The molecule has 0 amide bonds. The molecule has 0 aromatic carbocycles. The fourth-order valence-electron chi connectivity index (χ4n) is 2.16. The Kier molecular flexibility index (Phi) is 5.29. The highest BCUT2D eigenvalue weighted by Crippen LogP contribution is 2.23. The molecule has 0 spiro atoms. The molecule has 0 radical (unpaired) electrons. The molecular weight excluding hydrogens is 282 g/mol. The first-order valence-electron chi connectivity index (χ1n) is 6.51. The average Bonchev–Trinajstić information content (AvgIpc) is 2.64. The monoisotopic (exact) mass is 303 g/mol. The molecule has 0 unspecified atom stereocenters. The highest BCUT2D eigenvalue weighted by atomic mass is 32.2. The number of hydrogen-bond donors (Lipinski definition) is 1.